The number of carbonyl (C=O) groups is 1. The van der Waals surface area contributed by atoms with E-state index < -0.39 is 0 Å². The summed E-state index contributed by atoms with van der Waals surface area (Å²) in [6.07, 6.45) is 3.96. The lowest BCUT2D eigenvalue weighted by Gasteiger charge is -2.18. The lowest BCUT2D eigenvalue weighted by molar-refractivity contribution is -0.121. The smallest absolute Gasteiger partial charge is 0.221 e. The van der Waals surface area contributed by atoms with Crippen molar-refractivity contribution in [2.45, 2.75) is 25.8 Å². The van der Waals surface area contributed by atoms with Crippen LogP contribution in [0.5, 0.6) is 5.75 Å². The lowest BCUT2D eigenvalue weighted by atomic mass is 9.88. The number of fused-ring (bicyclic) bond motifs is 1. The molecule has 2 aromatic heterocycles. The van der Waals surface area contributed by atoms with Crippen LogP contribution in [-0.4, -0.2) is 17.5 Å². The summed E-state index contributed by atoms with van der Waals surface area (Å²) < 4.78 is 10.9. The summed E-state index contributed by atoms with van der Waals surface area (Å²) in [6, 6.07) is 19.8. The fourth-order valence-corrected chi connectivity index (χ4v) is 3.61. The standard InChI is InChI=1S/C24H24N2O3/c1-2-28-18-11-9-17(10-12-18)21(14-24(27)26-15-19-6-5-13-29-19)22-16-25-23-8-4-3-7-20(22)23/h3-13,16,21,25H,2,14-15H2,1H3,(H,26,27)/t21-/m1/s1. The van der Waals surface area contributed by atoms with Crippen molar-refractivity contribution in [3.05, 3.63) is 90.0 Å². The molecule has 2 N–H and O–H groups in total. The van der Waals surface area contributed by atoms with Crippen molar-refractivity contribution in [1.29, 1.82) is 0 Å². The van der Waals surface area contributed by atoms with Crippen LogP contribution in [0.15, 0.2) is 77.5 Å². The quantitative estimate of drug-likeness (QED) is 0.446. The van der Waals surface area contributed by atoms with Crippen LogP contribution in [0.3, 0.4) is 0 Å². The normalized spacial score (nSPS) is 12.0. The first-order chi connectivity index (χ1) is 14.2. The Morgan fingerprint density at radius 1 is 1.10 bits per heavy atom. The van der Waals surface area contributed by atoms with Crippen LogP contribution < -0.4 is 10.1 Å². The van der Waals surface area contributed by atoms with E-state index in [1.807, 2.05) is 67.7 Å². The van der Waals surface area contributed by atoms with E-state index in [9.17, 15) is 4.79 Å². The lowest BCUT2D eigenvalue weighted by Crippen LogP contribution is -2.24. The minimum Gasteiger partial charge on any atom is -0.494 e. The molecule has 5 nitrogen and oxygen atoms in total. The van der Waals surface area contributed by atoms with Crippen LogP contribution in [-0.2, 0) is 11.3 Å². The van der Waals surface area contributed by atoms with Gasteiger partial charge in [0.1, 0.15) is 11.5 Å². The maximum atomic E-state index is 12.7. The van der Waals surface area contributed by atoms with Crippen LogP contribution in [0.4, 0.5) is 0 Å². The number of aromatic nitrogens is 1. The zero-order valence-electron chi connectivity index (χ0n) is 16.4. The van der Waals surface area contributed by atoms with Crippen molar-refractivity contribution in [2.75, 3.05) is 6.61 Å². The van der Waals surface area contributed by atoms with Gasteiger partial charge in [-0.25, -0.2) is 0 Å². The van der Waals surface area contributed by atoms with Gasteiger partial charge in [0.2, 0.25) is 5.91 Å². The Labute approximate surface area is 169 Å². The van der Waals surface area contributed by atoms with Gasteiger partial charge in [-0.15, -0.1) is 0 Å². The van der Waals surface area contributed by atoms with E-state index in [0.717, 1.165) is 33.5 Å². The molecule has 0 saturated carbocycles. The van der Waals surface area contributed by atoms with Gasteiger partial charge in [-0.1, -0.05) is 30.3 Å². The Bertz CT molecular complexity index is 1070. The molecule has 0 fully saturated rings. The molecular formula is C24H24N2O3. The van der Waals surface area contributed by atoms with Gasteiger partial charge in [-0.05, 0) is 48.4 Å². The average molecular weight is 388 g/mol. The molecular weight excluding hydrogens is 364 g/mol. The van der Waals surface area contributed by atoms with Crippen molar-refractivity contribution in [3.63, 3.8) is 0 Å². The molecule has 29 heavy (non-hydrogen) atoms. The van der Waals surface area contributed by atoms with E-state index in [1.165, 1.54) is 0 Å². The molecule has 0 spiro atoms. The van der Waals surface area contributed by atoms with Crippen LogP contribution in [0, 0.1) is 0 Å². The highest BCUT2D eigenvalue weighted by Gasteiger charge is 2.21. The third-order valence-electron chi connectivity index (χ3n) is 5.02. The first-order valence-electron chi connectivity index (χ1n) is 9.82. The molecule has 5 heteroatoms. The van der Waals surface area contributed by atoms with Gasteiger partial charge in [0, 0.05) is 29.4 Å². The SMILES string of the molecule is CCOc1ccc([C@@H](CC(=O)NCc2ccco2)c2c[nH]c3ccccc23)cc1. The van der Waals surface area contributed by atoms with Gasteiger partial charge in [0.25, 0.3) is 0 Å². The van der Waals surface area contributed by atoms with E-state index >= 15 is 0 Å². The van der Waals surface area contributed by atoms with Gasteiger partial charge < -0.3 is 19.5 Å². The van der Waals surface area contributed by atoms with Gasteiger partial charge in [0.15, 0.2) is 0 Å². The van der Waals surface area contributed by atoms with Crippen LogP contribution >= 0.6 is 0 Å². The largest absolute Gasteiger partial charge is 0.494 e. The molecule has 4 rings (SSSR count). The number of ether oxygens (including phenoxy) is 1. The van der Waals surface area contributed by atoms with E-state index in [4.69, 9.17) is 9.15 Å². The summed E-state index contributed by atoms with van der Waals surface area (Å²) in [7, 11) is 0. The highest BCUT2D eigenvalue weighted by molar-refractivity contribution is 5.86. The van der Waals surface area contributed by atoms with E-state index in [-0.39, 0.29) is 11.8 Å². The van der Waals surface area contributed by atoms with E-state index in [0.29, 0.717) is 19.6 Å². The summed E-state index contributed by atoms with van der Waals surface area (Å²) in [5.41, 5.74) is 3.25. The van der Waals surface area contributed by atoms with Crippen molar-refractivity contribution < 1.29 is 13.9 Å². The molecule has 0 aliphatic rings. The third-order valence-corrected chi connectivity index (χ3v) is 5.02. The summed E-state index contributed by atoms with van der Waals surface area (Å²) in [6.45, 7) is 2.97. The maximum absolute atomic E-state index is 12.7. The minimum atomic E-state index is -0.0709. The van der Waals surface area contributed by atoms with E-state index in [1.54, 1.807) is 6.26 Å². The number of hydrogen-bond acceptors (Lipinski definition) is 3. The van der Waals surface area contributed by atoms with Crippen molar-refractivity contribution >= 4 is 16.8 Å². The average Bonchev–Trinajstić information content (AvgIpc) is 3.41. The van der Waals surface area contributed by atoms with Crippen LogP contribution in [0.2, 0.25) is 0 Å². The monoisotopic (exact) mass is 388 g/mol. The zero-order chi connectivity index (χ0) is 20.1. The van der Waals surface area contributed by atoms with Gasteiger partial charge in [-0.2, -0.15) is 0 Å². The molecule has 2 heterocycles. The topological polar surface area (TPSA) is 67.3 Å². The maximum Gasteiger partial charge on any atom is 0.221 e. The van der Waals surface area contributed by atoms with Crippen LogP contribution in [0.1, 0.15) is 36.1 Å². The van der Waals surface area contributed by atoms with Gasteiger partial charge in [0.05, 0.1) is 19.4 Å². The highest BCUT2D eigenvalue weighted by Crippen LogP contribution is 2.34. The molecule has 0 saturated heterocycles. The number of carbonyl (C=O) groups excluding carboxylic acids is 1. The number of H-pyrrole nitrogens is 1. The van der Waals surface area contributed by atoms with Crippen molar-refractivity contribution in [3.8, 4) is 5.75 Å². The molecule has 4 aromatic rings. The zero-order valence-corrected chi connectivity index (χ0v) is 16.4. The number of hydrogen-bond donors (Lipinski definition) is 2. The number of para-hydroxylation sites is 1. The fourth-order valence-electron chi connectivity index (χ4n) is 3.61. The third kappa shape index (κ3) is 4.35. The Hall–Kier alpha value is -3.47. The summed E-state index contributed by atoms with van der Waals surface area (Å²) >= 11 is 0. The van der Waals surface area contributed by atoms with E-state index in [2.05, 4.69) is 16.4 Å². The number of rotatable bonds is 8. The summed E-state index contributed by atoms with van der Waals surface area (Å²) in [5.74, 6) is 1.48. The fraction of sp³-hybridized carbons (Fsp3) is 0.208. The molecule has 1 amide bonds. The number of amides is 1. The molecule has 0 aliphatic heterocycles. The van der Waals surface area contributed by atoms with Gasteiger partial charge >= 0.3 is 0 Å². The highest BCUT2D eigenvalue weighted by atomic mass is 16.5. The van der Waals surface area contributed by atoms with Gasteiger partial charge in [-0.3, -0.25) is 4.79 Å². The number of benzene rings is 2. The number of nitrogens with one attached hydrogen (secondary N) is 2. The Morgan fingerprint density at radius 3 is 2.69 bits per heavy atom. The summed E-state index contributed by atoms with van der Waals surface area (Å²) in [4.78, 5) is 16.1. The molecule has 0 unspecified atom stereocenters. The van der Waals surface area contributed by atoms with Crippen LogP contribution in [0.25, 0.3) is 10.9 Å². The minimum absolute atomic E-state index is 0.0226. The molecule has 1 atom stereocenters. The molecule has 148 valence electrons. The second-order valence-corrected chi connectivity index (χ2v) is 6.90. The molecule has 0 bridgehead atoms. The molecule has 0 radical (unpaired) electrons. The summed E-state index contributed by atoms with van der Waals surface area (Å²) in [5, 5.41) is 4.09. The first kappa shape index (κ1) is 18.9. The second-order valence-electron chi connectivity index (χ2n) is 6.90. The Kier molecular flexibility index (Phi) is 5.66. The van der Waals surface area contributed by atoms with Crippen molar-refractivity contribution in [1.82, 2.24) is 10.3 Å². The Balaban J connectivity index is 1.60. The Morgan fingerprint density at radius 2 is 1.93 bits per heavy atom. The predicted molar refractivity (Wildman–Crippen MR) is 113 cm³/mol. The first-order valence-corrected chi connectivity index (χ1v) is 9.82. The second kappa shape index (κ2) is 8.69. The predicted octanol–water partition coefficient (Wildman–Crippen LogP) is 5.00. The number of furan rings is 1. The molecule has 2 aromatic carbocycles. The number of aromatic amines is 1. The van der Waals surface area contributed by atoms with Crippen molar-refractivity contribution in [2.24, 2.45) is 0 Å². The molecule has 0 aliphatic carbocycles.